The van der Waals surface area contributed by atoms with Gasteiger partial charge in [-0.2, -0.15) is 23.5 Å². The van der Waals surface area contributed by atoms with Gasteiger partial charge in [0, 0.05) is 33.4 Å². The van der Waals surface area contributed by atoms with Crippen molar-refractivity contribution in [2.75, 3.05) is 11.5 Å². The van der Waals surface area contributed by atoms with Crippen molar-refractivity contribution in [2.45, 2.75) is 29.9 Å². The largest absolute Gasteiger partial charge is 0.392 e. The molecule has 100 valence electrons. The summed E-state index contributed by atoms with van der Waals surface area (Å²) in [6, 6.07) is 4.63. The standard InChI is InChI=1S/C13H16ClFOS2/c1-8-13(18-5-4-17-8)12(16)6-9-2-3-10(14)7-11(9)15/h2-3,7-8,12-13,16H,4-6H2,1H3. The highest BCUT2D eigenvalue weighted by Crippen LogP contribution is 2.34. The van der Waals surface area contributed by atoms with Crippen molar-refractivity contribution in [3.63, 3.8) is 0 Å². The first-order valence-corrected chi connectivity index (χ1v) is 8.40. The van der Waals surface area contributed by atoms with Gasteiger partial charge in [0.15, 0.2) is 0 Å². The maximum atomic E-state index is 13.7. The molecule has 0 bridgehead atoms. The Bertz CT molecular complexity index is 416. The van der Waals surface area contributed by atoms with Crippen molar-refractivity contribution in [2.24, 2.45) is 0 Å². The molecular weight excluding hydrogens is 291 g/mol. The van der Waals surface area contributed by atoms with Gasteiger partial charge in [-0.15, -0.1) is 0 Å². The van der Waals surface area contributed by atoms with Crippen LogP contribution in [0.5, 0.6) is 0 Å². The van der Waals surface area contributed by atoms with Crippen molar-refractivity contribution in [3.8, 4) is 0 Å². The molecule has 0 radical (unpaired) electrons. The average Bonchev–Trinajstić information content (AvgIpc) is 2.33. The van der Waals surface area contributed by atoms with Crippen molar-refractivity contribution < 1.29 is 9.50 Å². The highest BCUT2D eigenvalue weighted by molar-refractivity contribution is 8.07. The molecule has 1 aromatic carbocycles. The van der Waals surface area contributed by atoms with E-state index in [2.05, 4.69) is 6.92 Å². The maximum Gasteiger partial charge on any atom is 0.127 e. The van der Waals surface area contributed by atoms with E-state index in [0.717, 1.165) is 11.5 Å². The average molecular weight is 307 g/mol. The van der Waals surface area contributed by atoms with E-state index in [-0.39, 0.29) is 11.1 Å². The van der Waals surface area contributed by atoms with Crippen LogP contribution in [0.1, 0.15) is 12.5 Å². The Kier molecular flexibility index (Phi) is 5.24. The molecule has 0 aromatic heterocycles. The number of aliphatic hydroxyl groups excluding tert-OH is 1. The number of aliphatic hydroxyl groups is 1. The number of rotatable bonds is 3. The van der Waals surface area contributed by atoms with E-state index in [1.54, 1.807) is 23.9 Å². The molecular formula is C13H16ClFOS2. The Morgan fingerprint density at radius 2 is 2.17 bits per heavy atom. The molecule has 0 aliphatic carbocycles. The number of benzene rings is 1. The Morgan fingerprint density at radius 1 is 1.44 bits per heavy atom. The van der Waals surface area contributed by atoms with E-state index >= 15 is 0 Å². The summed E-state index contributed by atoms with van der Waals surface area (Å²) in [6.07, 6.45) is -0.153. The molecule has 18 heavy (non-hydrogen) atoms. The number of hydrogen-bond acceptors (Lipinski definition) is 3. The van der Waals surface area contributed by atoms with Crippen LogP contribution in [0.15, 0.2) is 18.2 Å². The van der Waals surface area contributed by atoms with Crippen LogP contribution in [0, 0.1) is 5.82 Å². The van der Waals surface area contributed by atoms with Gasteiger partial charge in [-0.05, 0) is 17.7 Å². The normalized spacial score (nSPS) is 26.0. The third-order valence-corrected chi connectivity index (χ3v) is 6.53. The van der Waals surface area contributed by atoms with Crippen LogP contribution in [0.25, 0.3) is 0 Å². The summed E-state index contributed by atoms with van der Waals surface area (Å²) in [6.45, 7) is 2.13. The second-order valence-electron chi connectivity index (χ2n) is 4.42. The molecule has 2 rings (SSSR count). The van der Waals surface area contributed by atoms with E-state index in [1.807, 2.05) is 11.8 Å². The van der Waals surface area contributed by atoms with Gasteiger partial charge in [-0.1, -0.05) is 24.6 Å². The van der Waals surface area contributed by atoms with Gasteiger partial charge >= 0.3 is 0 Å². The molecule has 1 aromatic rings. The van der Waals surface area contributed by atoms with Crippen molar-refractivity contribution in [3.05, 3.63) is 34.6 Å². The van der Waals surface area contributed by atoms with Gasteiger partial charge in [0.05, 0.1) is 6.10 Å². The van der Waals surface area contributed by atoms with Crippen molar-refractivity contribution >= 4 is 35.1 Å². The van der Waals surface area contributed by atoms with E-state index in [4.69, 9.17) is 11.6 Å². The topological polar surface area (TPSA) is 20.2 Å². The van der Waals surface area contributed by atoms with Gasteiger partial charge in [0.25, 0.3) is 0 Å². The smallest absolute Gasteiger partial charge is 0.127 e. The van der Waals surface area contributed by atoms with Crippen LogP contribution < -0.4 is 0 Å². The molecule has 1 aliphatic heterocycles. The zero-order chi connectivity index (χ0) is 13.1. The van der Waals surface area contributed by atoms with Crippen LogP contribution in [-0.2, 0) is 6.42 Å². The minimum absolute atomic E-state index is 0.179. The second-order valence-corrected chi connectivity index (χ2v) is 7.63. The van der Waals surface area contributed by atoms with Gasteiger partial charge in [0.1, 0.15) is 5.82 Å². The minimum Gasteiger partial charge on any atom is -0.392 e. The summed E-state index contributed by atoms with van der Waals surface area (Å²) in [7, 11) is 0. The predicted molar refractivity (Wildman–Crippen MR) is 79.3 cm³/mol. The molecule has 1 saturated heterocycles. The lowest BCUT2D eigenvalue weighted by molar-refractivity contribution is 0.170. The van der Waals surface area contributed by atoms with Crippen molar-refractivity contribution in [1.82, 2.24) is 0 Å². The van der Waals surface area contributed by atoms with Gasteiger partial charge in [-0.3, -0.25) is 0 Å². The first-order valence-electron chi connectivity index (χ1n) is 5.93. The van der Waals surface area contributed by atoms with Crippen molar-refractivity contribution in [1.29, 1.82) is 0 Å². The van der Waals surface area contributed by atoms with Crippen LogP contribution in [-0.4, -0.2) is 33.2 Å². The molecule has 3 atom stereocenters. The summed E-state index contributed by atoms with van der Waals surface area (Å²) in [5.41, 5.74) is 0.537. The summed E-state index contributed by atoms with van der Waals surface area (Å²) in [5.74, 6) is 1.85. The Hall–Kier alpha value is 0.1000. The van der Waals surface area contributed by atoms with E-state index in [1.165, 1.54) is 6.07 Å². The monoisotopic (exact) mass is 306 g/mol. The molecule has 0 amide bonds. The summed E-state index contributed by atoms with van der Waals surface area (Å²) < 4.78 is 13.7. The third-order valence-electron chi connectivity index (χ3n) is 3.06. The lowest BCUT2D eigenvalue weighted by Crippen LogP contribution is -2.36. The molecule has 3 unspecified atom stereocenters. The number of hydrogen-bond donors (Lipinski definition) is 1. The van der Waals surface area contributed by atoms with Crippen LogP contribution in [0.4, 0.5) is 4.39 Å². The van der Waals surface area contributed by atoms with Gasteiger partial charge in [-0.25, -0.2) is 4.39 Å². The minimum atomic E-state index is -0.506. The maximum absolute atomic E-state index is 13.7. The summed E-state index contributed by atoms with van der Waals surface area (Å²) in [4.78, 5) is 0. The fraction of sp³-hybridized carbons (Fsp3) is 0.538. The Balaban J connectivity index is 2.03. The molecule has 0 spiro atoms. The molecule has 1 aliphatic rings. The highest BCUT2D eigenvalue weighted by Gasteiger charge is 2.29. The van der Waals surface area contributed by atoms with Gasteiger partial charge in [0.2, 0.25) is 0 Å². The first-order chi connectivity index (χ1) is 8.58. The summed E-state index contributed by atoms with van der Waals surface area (Å²) >= 11 is 9.38. The van der Waals surface area contributed by atoms with Crippen LogP contribution in [0.2, 0.25) is 5.02 Å². The molecule has 0 saturated carbocycles. The first kappa shape index (κ1) is 14.5. The molecule has 1 heterocycles. The van der Waals surface area contributed by atoms with Crippen LogP contribution >= 0.6 is 35.1 Å². The van der Waals surface area contributed by atoms with E-state index in [9.17, 15) is 9.50 Å². The Labute approximate surface area is 120 Å². The molecule has 1 nitrogen and oxygen atoms in total. The third kappa shape index (κ3) is 3.56. The van der Waals surface area contributed by atoms with E-state index < -0.39 is 6.10 Å². The predicted octanol–water partition coefficient (Wildman–Crippen LogP) is 3.62. The lowest BCUT2D eigenvalue weighted by Gasteiger charge is -2.31. The zero-order valence-electron chi connectivity index (χ0n) is 10.1. The highest BCUT2D eigenvalue weighted by atomic mass is 35.5. The second kappa shape index (κ2) is 6.51. The summed E-state index contributed by atoms with van der Waals surface area (Å²) in [5, 5.41) is 11.2. The van der Waals surface area contributed by atoms with Gasteiger partial charge < -0.3 is 5.11 Å². The van der Waals surface area contributed by atoms with E-state index in [0.29, 0.717) is 22.3 Å². The molecule has 1 N–H and O–H groups in total. The Morgan fingerprint density at radius 3 is 2.83 bits per heavy atom. The zero-order valence-corrected chi connectivity index (χ0v) is 12.5. The fourth-order valence-corrected chi connectivity index (χ4v) is 5.11. The fourth-order valence-electron chi connectivity index (χ4n) is 2.10. The molecule has 1 fully saturated rings. The number of thioether (sulfide) groups is 2. The number of halogens is 2. The SMILES string of the molecule is CC1SCCSC1C(O)Cc1ccc(Cl)cc1F. The van der Waals surface area contributed by atoms with Crippen LogP contribution in [0.3, 0.4) is 0 Å². The molecule has 5 heteroatoms. The quantitative estimate of drug-likeness (QED) is 0.921. The lowest BCUT2D eigenvalue weighted by atomic mass is 10.0.